The Balaban J connectivity index is 1.34. The predicted octanol–water partition coefficient (Wildman–Crippen LogP) is 4.91. The zero-order chi connectivity index (χ0) is 30.6. The van der Waals surface area contributed by atoms with Gasteiger partial charge in [0, 0.05) is 54.1 Å². The Morgan fingerprint density at radius 2 is 1.84 bits per heavy atom. The summed E-state index contributed by atoms with van der Waals surface area (Å²) in [6, 6.07) is 22.6. The van der Waals surface area contributed by atoms with Crippen LogP contribution in [0.3, 0.4) is 0 Å². The van der Waals surface area contributed by atoms with E-state index in [1.165, 1.54) is 0 Å². The van der Waals surface area contributed by atoms with Crippen LogP contribution in [0.1, 0.15) is 42.9 Å². The van der Waals surface area contributed by atoms with E-state index in [0.717, 1.165) is 27.7 Å². The average molecular weight is 647 g/mol. The van der Waals surface area contributed by atoms with Gasteiger partial charge < -0.3 is 24.9 Å². The highest BCUT2D eigenvalue weighted by atomic mass is 79.9. The summed E-state index contributed by atoms with van der Waals surface area (Å²) in [6.45, 7) is 3.13. The summed E-state index contributed by atoms with van der Waals surface area (Å²) in [5.41, 5.74) is 1.89. The molecular weight excluding hydrogens is 610 g/mol. The van der Waals surface area contributed by atoms with Gasteiger partial charge >= 0.3 is 0 Å². The number of anilines is 2. The van der Waals surface area contributed by atoms with Crippen LogP contribution >= 0.6 is 15.9 Å². The van der Waals surface area contributed by atoms with Crippen molar-refractivity contribution in [3.63, 3.8) is 0 Å². The summed E-state index contributed by atoms with van der Waals surface area (Å²) in [6.07, 6.45) is 4.83. The van der Waals surface area contributed by atoms with Crippen molar-refractivity contribution in [2.45, 2.75) is 44.9 Å². The van der Waals surface area contributed by atoms with Crippen LogP contribution in [0.2, 0.25) is 0 Å². The van der Waals surface area contributed by atoms with E-state index in [1.807, 2.05) is 66.7 Å². The fourth-order valence-electron chi connectivity index (χ4n) is 5.86. The minimum atomic E-state index is -1.84. The lowest BCUT2D eigenvalue weighted by atomic mass is 9.83. The molecule has 8 nitrogen and oxygen atoms in total. The van der Waals surface area contributed by atoms with Crippen molar-refractivity contribution in [1.82, 2.24) is 4.90 Å². The number of rotatable bonds is 11. The molecule has 2 N–H and O–H groups in total. The molecule has 0 unspecified atom stereocenters. The number of aliphatic hydroxyl groups excluding tert-OH is 1. The second-order valence-electron chi connectivity index (χ2n) is 11.1. The van der Waals surface area contributed by atoms with Crippen LogP contribution in [0, 0.1) is 5.92 Å². The average Bonchev–Trinajstić information content (AvgIpc) is 3.53. The number of hydrogen-bond acceptors (Lipinski definition) is 5. The van der Waals surface area contributed by atoms with E-state index in [-0.39, 0.29) is 37.9 Å². The van der Waals surface area contributed by atoms with Gasteiger partial charge in [0.1, 0.15) is 0 Å². The number of hydrogen-bond donors (Lipinski definition) is 2. The van der Waals surface area contributed by atoms with E-state index in [4.69, 9.17) is 0 Å². The van der Waals surface area contributed by atoms with Crippen LogP contribution < -0.4 is 9.80 Å². The van der Waals surface area contributed by atoms with Crippen molar-refractivity contribution in [2.24, 2.45) is 5.92 Å². The summed E-state index contributed by atoms with van der Waals surface area (Å²) in [5, 5.41) is 21.5. The first-order valence-electron chi connectivity index (χ1n) is 14.5. The molecule has 3 amide bonds. The number of nitrogens with zero attached hydrogens (tertiary/aromatic N) is 3. The third-order valence-electron chi connectivity index (χ3n) is 8.18. The van der Waals surface area contributed by atoms with E-state index in [1.54, 1.807) is 39.8 Å². The highest BCUT2D eigenvalue weighted by Gasteiger charge is 2.52. The van der Waals surface area contributed by atoms with Gasteiger partial charge in [0.2, 0.25) is 11.8 Å². The number of carbonyl (C=O) groups is 3. The fraction of sp³-hybridized carbons (Fsp3) is 0.324. The normalized spacial score (nSPS) is 18.9. The Labute approximate surface area is 260 Å². The maximum absolute atomic E-state index is 14.0. The molecule has 2 heterocycles. The molecule has 1 fully saturated rings. The topological polar surface area (TPSA) is 101 Å². The van der Waals surface area contributed by atoms with Gasteiger partial charge in [0.25, 0.3) is 5.91 Å². The van der Waals surface area contributed by atoms with Crippen molar-refractivity contribution in [2.75, 3.05) is 29.5 Å². The summed E-state index contributed by atoms with van der Waals surface area (Å²) in [4.78, 5) is 44.3. The van der Waals surface area contributed by atoms with Crippen LogP contribution in [-0.2, 0) is 33.1 Å². The number of carbonyl (C=O) groups excluding carboxylic acids is 3. The Morgan fingerprint density at radius 3 is 2.56 bits per heavy atom. The fourth-order valence-corrected chi connectivity index (χ4v) is 6.22. The molecular formula is C34H36BrN3O5. The van der Waals surface area contributed by atoms with Gasteiger partial charge in [-0.1, -0.05) is 77.5 Å². The minimum Gasteiger partial charge on any atom is -0.395 e. The number of fused-ring (bicyclic) bond motifs is 1. The molecule has 0 aromatic heterocycles. The van der Waals surface area contributed by atoms with Crippen molar-refractivity contribution < 1.29 is 24.6 Å². The summed E-state index contributed by atoms with van der Waals surface area (Å²) in [5.74, 6) is -1.15. The molecule has 224 valence electrons. The van der Waals surface area contributed by atoms with Gasteiger partial charge in [-0.15, -0.1) is 0 Å². The molecule has 0 saturated carbocycles. The summed E-state index contributed by atoms with van der Waals surface area (Å²) < 4.78 is 0.737. The number of aliphatic hydroxyl groups is 2. The molecule has 2 aliphatic heterocycles. The maximum Gasteiger partial charge on any atom is 0.264 e. The molecule has 3 aromatic carbocycles. The molecule has 0 radical (unpaired) electrons. The van der Waals surface area contributed by atoms with Crippen LogP contribution in [-0.4, -0.2) is 52.5 Å². The van der Waals surface area contributed by atoms with Crippen LogP contribution in [0.4, 0.5) is 11.4 Å². The second kappa shape index (κ2) is 13.2. The molecule has 43 heavy (non-hydrogen) atoms. The minimum absolute atomic E-state index is 0.0680. The van der Waals surface area contributed by atoms with Gasteiger partial charge in [0.05, 0.1) is 18.8 Å². The van der Waals surface area contributed by atoms with Gasteiger partial charge in [-0.2, -0.15) is 0 Å². The van der Waals surface area contributed by atoms with Gasteiger partial charge in [-0.25, -0.2) is 0 Å². The molecule has 2 atom stereocenters. The third-order valence-corrected chi connectivity index (χ3v) is 8.68. The van der Waals surface area contributed by atoms with Gasteiger partial charge in [-0.3, -0.25) is 14.4 Å². The van der Waals surface area contributed by atoms with Crippen LogP contribution in [0.25, 0.3) is 0 Å². The maximum atomic E-state index is 14.0. The SMILES string of the molecule is C[C@@H](/C=C/CC(=O)N(CCO)Cc1ccccc1)[C@]1(O)C(=O)N(Cc2cccc(N3CCCC3=O)c2)c2ccc(Br)cc21. The van der Waals surface area contributed by atoms with E-state index < -0.39 is 17.4 Å². The van der Waals surface area contributed by atoms with Gasteiger partial charge in [0.15, 0.2) is 5.60 Å². The molecule has 0 spiro atoms. The lowest BCUT2D eigenvalue weighted by molar-refractivity contribution is -0.139. The molecule has 5 rings (SSSR count). The van der Waals surface area contributed by atoms with Crippen molar-refractivity contribution in [3.05, 3.63) is 106 Å². The lowest BCUT2D eigenvalue weighted by Crippen LogP contribution is -2.44. The standard InChI is InChI=1S/C34H36BrN3O5/c1-24(8-5-13-31(40)36(18-19-39)22-25-9-3-2-4-10-25)34(43)29-21-27(35)15-16-30(29)38(33(34)42)23-26-11-6-12-28(20-26)37-17-7-14-32(37)41/h2-6,8-12,15-16,20-21,24,39,43H,7,13-14,17-19,22-23H2,1H3/b8-5+/t24-,34+/m0/s1. The third kappa shape index (κ3) is 6.44. The Bertz CT molecular complexity index is 1530. The van der Waals surface area contributed by atoms with Crippen LogP contribution in [0.5, 0.6) is 0 Å². The Morgan fingerprint density at radius 1 is 1.07 bits per heavy atom. The summed E-state index contributed by atoms with van der Waals surface area (Å²) >= 11 is 3.49. The molecule has 0 aliphatic carbocycles. The first-order valence-corrected chi connectivity index (χ1v) is 15.3. The molecule has 2 aliphatic rings. The zero-order valence-corrected chi connectivity index (χ0v) is 25.7. The number of benzene rings is 3. The monoisotopic (exact) mass is 645 g/mol. The zero-order valence-electron chi connectivity index (χ0n) is 24.2. The molecule has 0 bridgehead atoms. The summed E-state index contributed by atoms with van der Waals surface area (Å²) in [7, 11) is 0. The number of amides is 3. The molecule has 1 saturated heterocycles. The highest BCUT2D eigenvalue weighted by Crippen LogP contribution is 2.47. The van der Waals surface area contributed by atoms with Gasteiger partial charge in [-0.05, 0) is 47.9 Å². The lowest BCUT2D eigenvalue weighted by Gasteiger charge is -2.28. The molecule has 9 heteroatoms. The highest BCUT2D eigenvalue weighted by molar-refractivity contribution is 9.10. The quantitative estimate of drug-likeness (QED) is 0.289. The van der Waals surface area contributed by atoms with E-state index in [0.29, 0.717) is 30.8 Å². The first-order chi connectivity index (χ1) is 20.7. The van der Waals surface area contributed by atoms with Crippen molar-refractivity contribution in [3.8, 4) is 0 Å². The van der Waals surface area contributed by atoms with Crippen molar-refractivity contribution >= 4 is 45.0 Å². The smallest absolute Gasteiger partial charge is 0.264 e. The first kappa shape index (κ1) is 30.7. The van der Waals surface area contributed by atoms with Crippen LogP contribution in [0.15, 0.2) is 89.4 Å². The Kier molecular flexibility index (Phi) is 9.44. The largest absolute Gasteiger partial charge is 0.395 e. The predicted molar refractivity (Wildman–Crippen MR) is 169 cm³/mol. The van der Waals surface area contributed by atoms with Crippen molar-refractivity contribution in [1.29, 1.82) is 0 Å². The molecule has 3 aromatic rings. The number of halogens is 1. The van der Waals surface area contributed by atoms with E-state index in [9.17, 15) is 24.6 Å². The second-order valence-corrected chi connectivity index (χ2v) is 12.0. The van der Waals surface area contributed by atoms with E-state index in [2.05, 4.69) is 15.9 Å². The Hall–Kier alpha value is -3.79. The van der Waals surface area contributed by atoms with E-state index >= 15 is 0 Å².